The maximum absolute atomic E-state index is 12.0. The van der Waals surface area contributed by atoms with E-state index in [4.69, 9.17) is 4.74 Å². The van der Waals surface area contributed by atoms with Gasteiger partial charge in [0.15, 0.2) is 0 Å². The highest BCUT2D eigenvalue weighted by molar-refractivity contribution is 5.96. The largest absolute Gasteiger partial charge is 0.505 e. The average molecular weight is 278 g/mol. The van der Waals surface area contributed by atoms with E-state index in [0.29, 0.717) is 12.8 Å². The van der Waals surface area contributed by atoms with Crippen molar-refractivity contribution in [2.24, 2.45) is 5.92 Å². The van der Waals surface area contributed by atoms with Crippen LogP contribution >= 0.6 is 0 Å². The summed E-state index contributed by atoms with van der Waals surface area (Å²) in [7, 11) is 1.39. The van der Waals surface area contributed by atoms with Crippen LogP contribution < -0.4 is 5.32 Å². The smallest absolute Gasteiger partial charge is 0.308 e. The summed E-state index contributed by atoms with van der Waals surface area (Å²) in [6.45, 7) is 0. The molecule has 1 aromatic rings. The van der Waals surface area contributed by atoms with E-state index in [1.54, 1.807) is 0 Å². The minimum absolute atomic E-state index is 0.0240. The van der Waals surface area contributed by atoms with Crippen molar-refractivity contribution in [2.75, 3.05) is 7.11 Å². The van der Waals surface area contributed by atoms with Gasteiger partial charge in [-0.25, -0.2) is 0 Å². The first kappa shape index (κ1) is 14.3. The normalized spacial score (nSPS) is 22.1. The van der Waals surface area contributed by atoms with Gasteiger partial charge in [-0.1, -0.05) is 0 Å². The highest BCUT2D eigenvalue weighted by Crippen LogP contribution is 2.25. The number of carbonyl (C=O) groups excluding carboxylic acids is 2. The van der Waals surface area contributed by atoms with E-state index in [0.717, 1.165) is 12.8 Å². The van der Waals surface area contributed by atoms with Gasteiger partial charge in [-0.15, -0.1) is 0 Å². The van der Waals surface area contributed by atoms with E-state index < -0.39 is 0 Å². The zero-order valence-electron chi connectivity index (χ0n) is 11.3. The van der Waals surface area contributed by atoms with Gasteiger partial charge in [0, 0.05) is 12.2 Å². The predicted octanol–water partition coefficient (Wildman–Crippen LogP) is 1.25. The fraction of sp³-hybridized carbons (Fsp3) is 0.500. The number of hydrogen-bond donors (Lipinski definition) is 2. The minimum Gasteiger partial charge on any atom is -0.505 e. The van der Waals surface area contributed by atoms with Crippen molar-refractivity contribution >= 4 is 11.9 Å². The topological polar surface area (TPSA) is 88.5 Å². The summed E-state index contributed by atoms with van der Waals surface area (Å²) in [4.78, 5) is 27.2. The van der Waals surface area contributed by atoms with Gasteiger partial charge in [0.25, 0.3) is 5.91 Å². The summed E-state index contributed by atoms with van der Waals surface area (Å²) < 4.78 is 4.72. The molecule has 6 heteroatoms. The highest BCUT2D eigenvalue weighted by Gasteiger charge is 2.28. The molecule has 0 radical (unpaired) electrons. The van der Waals surface area contributed by atoms with Crippen molar-refractivity contribution in [3.63, 3.8) is 0 Å². The van der Waals surface area contributed by atoms with E-state index >= 15 is 0 Å². The van der Waals surface area contributed by atoms with Gasteiger partial charge in [-0.3, -0.25) is 14.6 Å². The van der Waals surface area contributed by atoms with E-state index in [-0.39, 0.29) is 35.1 Å². The van der Waals surface area contributed by atoms with E-state index in [1.807, 2.05) is 0 Å². The van der Waals surface area contributed by atoms with Gasteiger partial charge >= 0.3 is 5.97 Å². The van der Waals surface area contributed by atoms with Crippen LogP contribution in [0.2, 0.25) is 0 Å². The lowest BCUT2D eigenvalue weighted by Gasteiger charge is -2.27. The summed E-state index contributed by atoms with van der Waals surface area (Å²) in [5, 5.41) is 12.4. The third-order valence-electron chi connectivity index (χ3n) is 3.64. The number of esters is 1. The van der Waals surface area contributed by atoms with Crippen LogP contribution in [0.25, 0.3) is 0 Å². The number of rotatable bonds is 3. The van der Waals surface area contributed by atoms with Crippen LogP contribution in [0, 0.1) is 5.92 Å². The fourth-order valence-electron chi connectivity index (χ4n) is 2.48. The van der Waals surface area contributed by atoms with Gasteiger partial charge < -0.3 is 15.2 Å². The Morgan fingerprint density at radius 1 is 1.35 bits per heavy atom. The van der Waals surface area contributed by atoms with Crippen LogP contribution in [0.3, 0.4) is 0 Å². The van der Waals surface area contributed by atoms with Crippen molar-refractivity contribution in [3.05, 3.63) is 24.0 Å². The molecule has 2 rings (SSSR count). The van der Waals surface area contributed by atoms with E-state index in [9.17, 15) is 14.7 Å². The number of aromatic hydroxyl groups is 1. The number of amides is 1. The zero-order valence-corrected chi connectivity index (χ0v) is 11.3. The lowest BCUT2D eigenvalue weighted by molar-refractivity contribution is -0.146. The van der Waals surface area contributed by atoms with Crippen molar-refractivity contribution in [1.29, 1.82) is 0 Å². The van der Waals surface area contributed by atoms with Gasteiger partial charge in [-0.2, -0.15) is 0 Å². The van der Waals surface area contributed by atoms with E-state index in [2.05, 4.69) is 10.3 Å². The number of hydrogen-bond acceptors (Lipinski definition) is 5. The maximum Gasteiger partial charge on any atom is 0.308 e. The molecule has 1 aliphatic carbocycles. The number of aromatic nitrogens is 1. The molecule has 6 nitrogen and oxygen atoms in total. The Kier molecular flexibility index (Phi) is 4.55. The molecule has 0 spiro atoms. The lowest BCUT2D eigenvalue weighted by atomic mass is 9.86. The van der Waals surface area contributed by atoms with Gasteiger partial charge in [0.1, 0.15) is 5.75 Å². The first-order chi connectivity index (χ1) is 9.61. The molecule has 20 heavy (non-hydrogen) atoms. The highest BCUT2D eigenvalue weighted by atomic mass is 16.5. The van der Waals surface area contributed by atoms with Crippen LogP contribution in [-0.2, 0) is 9.53 Å². The first-order valence-electron chi connectivity index (χ1n) is 6.63. The second kappa shape index (κ2) is 6.36. The second-order valence-electron chi connectivity index (χ2n) is 4.94. The first-order valence-corrected chi connectivity index (χ1v) is 6.63. The summed E-state index contributed by atoms with van der Waals surface area (Å²) in [6.07, 6.45) is 5.58. The van der Waals surface area contributed by atoms with E-state index in [1.165, 1.54) is 25.6 Å². The van der Waals surface area contributed by atoms with Crippen LogP contribution in [0.1, 0.15) is 36.0 Å². The second-order valence-corrected chi connectivity index (χ2v) is 4.94. The molecule has 108 valence electrons. The maximum atomic E-state index is 12.0. The van der Waals surface area contributed by atoms with Gasteiger partial charge in [0.2, 0.25) is 0 Å². The molecule has 0 aromatic carbocycles. The average Bonchev–Trinajstić information content (AvgIpc) is 2.47. The van der Waals surface area contributed by atoms with Gasteiger partial charge in [0.05, 0.1) is 24.8 Å². The molecule has 1 amide bonds. The minimum atomic E-state index is -0.314. The molecule has 0 aliphatic heterocycles. The van der Waals surface area contributed by atoms with Gasteiger partial charge in [-0.05, 0) is 31.7 Å². The molecule has 1 aliphatic rings. The number of carbonyl (C=O) groups is 2. The Morgan fingerprint density at radius 3 is 2.65 bits per heavy atom. The third-order valence-corrected chi connectivity index (χ3v) is 3.64. The molecule has 1 fully saturated rings. The molecule has 2 N–H and O–H groups in total. The summed E-state index contributed by atoms with van der Waals surface area (Å²) in [5.74, 6) is -0.691. The quantitative estimate of drug-likeness (QED) is 0.812. The Hall–Kier alpha value is -2.11. The summed E-state index contributed by atoms with van der Waals surface area (Å²) >= 11 is 0. The fourth-order valence-corrected chi connectivity index (χ4v) is 2.48. The van der Waals surface area contributed by atoms with Crippen molar-refractivity contribution in [3.8, 4) is 5.75 Å². The molecule has 0 bridgehead atoms. The van der Waals surface area contributed by atoms with Crippen LogP contribution in [-0.4, -0.2) is 35.1 Å². The van der Waals surface area contributed by atoms with Crippen LogP contribution in [0.5, 0.6) is 5.75 Å². The third kappa shape index (κ3) is 3.26. The predicted molar refractivity (Wildman–Crippen MR) is 71.1 cm³/mol. The number of pyridine rings is 1. The van der Waals surface area contributed by atoms with Crippen LogP contribution in [0.4, 0.5) is 0 Å². The Balaban J connectivity index is 1.88. The standard InChI is InChI=1S/C14H18N2O4/c1-20-14(19)9-2-4-10(5-3-9)16-13(18)11-6-7-15-8-12(11)17/h6-10,17H,2-5H2,1H3,(H,16,18). The van der Waals surface area contributed by atoms with Crippen molar-refractivity contribution < 1.29 is 19.4 Å². The monoisotopic (exact) mass is 278 g/mol. The molecule has 1 saturated carbocycles. The number of nitrogens with one attached hydrogen (secondary N) is 1. The Morgan fingerprint density at radius 2 is 2.05 bits per heavy atom. The molecule has 0 unspecified atom stereocenters. The lowest BCUT2D eigenvalue weighted by Crippen LogP contribution is -2.38. The number of methoxy groups -OCH3 is 1. The van der Waals surface area contributed by atoms with Crippen LogP contribution in [0.15, 0.2) is 18.5 Å². The molecule has 1 aromatic heterocycles. The van der Waals surface area contributed by atoms with Crippen molar-refractivity contribution in [1.82, 2.24) is 10.3 Å². The molecule has 1 heterocycles. The zero-order chi connectivity index (χ0) is 14.5. The molecular formula is C14H18N2O4. The molecular weight excluding hydrogens is 260 g/mol. The summed E-state index contributed by atoms with van der Waals surface area (Å²) in [5.41, 5.74) is 0.218. The Bertz CT molecular complexity index is 496. The summed E-state index contributed by atoms with van der Waals surface area (Å²) in [6, 6.07) is 1.50. The number of nitrogens with zero attached hydrogens (tertiary/aromatic N) is 1. The molecule has 0 saturated heterocycles. The number of ether oxygens (including phenoxy) is 1. The van der Waals surface area contributed by atoms with Crippen molar-refractivity contribution in [2.45, 2.75) is 31.7 Å². The Labute approximate surface area is 117 Å². The SMILES string of the molecule is COC(=O)C1CCC(NC(=O)c2ccncc2O)CC1. The molecule has 0 atom stereocenters.